The Balaban J connectivity index is 1.61. The third kappa shape index (κ3) is 5.58. The standard InChI is InChI=1S/C25H31ClN4O3/c1-15-10-17(11-16-7-8-22(31)29-23(15)16)19-13-27-21(26)12-20(19)30-9-5-6-18(14-30)28-24(32)33-25(2,3)4/h10-13,18H,5-9,14H2,1-4H3,(H,28,32)(H,29,31)/t18-/m0/s1. The minimum atomic E-state index is -0.534. The molecule has 0 radical (unpaired) electrons. The van der Waals surface area contributed by atoms with Crippen LogP contribution in [0, 0.1) is 6.92 Å². The van der Waals surface area contributed by atoms with Gasteiger partial charge in [0.2, 0.25) is 5.91 Å². The lowest BCUT2D eigenvalue weighted by Gasteiger charge is -2.36. The predicted octanol–water partition coefficient (Wildman–Crippen LogP) is 5.09. The number of piperidine rings is 1. The fourth-order valence-corrected chi connectivity index (χ4v) is 4.69. The van der Waals surface area contributed by atoms with E-state index in [0.717, 1.165) is 59.4 Å². The van der Waals surface area contributed by atoms with Crippen molar-refractivity contribution in [1.82, 2.24) is 10.3 Å². The summed E-state index contributed by atoms with van der Waals surface area (Å²) in [5, 5.41) is 6.44. The van der Waals surface area contributed by atoms with Crippen LogP contribution in [0.5, 0.6) is 0 Å². The van der Waals surface area contributed by atoms with E-state index in [1.165, 1.54) is 0 Å². The number of nitrogens with zero attached hydrogens (tertiary/aromatic N) is 2. The van der Waals surface area contributed by atoms with Gasteiger partial charge in [-0.25, -0.2) is 9.78 Å². The van der Waals surface area contributed by atoms with Crippen molar-refractivity contribution in [2.45, 2.75) is 65.0 Å². The molecule has 2 aliphatic heterocycles. The minimum Gasteiger partial charge on any atom is -0.444 e. The summed E-state index contributed by atoms with van der Waals surface area (Å²) in [7, 11) is 0. The lowest BCUT2D eigenvalue weighted by molar-refractivity contribution is -0.116. The van der Waals surface area contributed by atoms with E-state index in [-0.39, 0.29) is 11.9 Å². The van der Waals surface area contributed by atoms with Crippen LogP contribution in [-0.4, -0.2) is 41.7 Å². The van der Waals surface area contributed by atoms with Crippen LogP contribution in [0.1, 0.15) is 51.2 Å². The molecule has 1 saturated heterocycles. The van der Waals surface area contributed by atoms with E-state index in [1.54, 1.807) is 0 Å². The van der Waals surface area contributed by atoms with Gasteiger partial charge >= 0.3 is 6.09 Å². The van der Waals surface area contributed by atoms with Gasteiger partial charge < -0.3 is 20.3 Å². The van der Waals surface area contributed by atoms with Crippen LogP contribution in [-0.2, 0) is 16.0 Å². The molecule has 0 saturated carbocycles. The Labute approximate surface area is 199 Å². The number of hydrogen-bond donors (Lipinski definition) is 2. The molecule has 3 heterocycles. The van der Waals surface area contributed by atoms with Gasteiger partial charge in [0.15, 0.2) is 0 Å². The monoisotopic (exact) mass is 470 g/mol. The van der Waals surface area contributed by atoms with Crippen molar-refractivity contribution >= 4 is 35.0 Å². The average molecular weight is 471 g/mol. The number of carbonyl (C=O) groups excluding carboxylic acids is 2. The summed E-state index contributed by atoms with van der Waals surface area (Å²) >= 11 is 6.30. The Kier molecular flexibility index (Phi) is 6.52. The number of fused-ring (bicyclic) bond motifs is 1. The van der Waals surface area contributed by atoms with Gasteiger partial charge in [0.1, 0.15) is 10.8 Å². The summed E-state index contributed by atoms with van der Waals surface area (Å²) < 4.78 is 5.44. The number of carbonyl (C=O) groups is 2. The smallest absolute Gasteiger partial charge is 0.407 e. The number of benzene rings is 1. The second-order valence-corrected chi connectivity index (χ2v) is 10.2. The maximum atomic E-state index is 12.3. The third-order valence-corrected chi connectivity index (χ3v) is 6.15. The number of pyridine rings is 1. The number of hydrogen-bond acceptors (Lipinski definition) is 5. The number of halogens is 1. The number of anilines is 2. The SMILES string of the molecule is Cc1cc(-c2cnc(Cl)cc2N2CCC[C@H](NC(=O)OC(C)(C)C)C2)cc2c1NC(=O)CC2. The van der Waals surface area contributed by atoms with Crippen molar-refractivity contribution in [2.75, 3.05) is 23.3 Å². The summed E-state index contributed by atoms with van der Waals surface area (Å²) in [5.74, 6) is 0.0593. The molecular formula is C25H31ClN4O3. The topological polar surface area (TPSA) is 83.6 Å². The van der Waals surface area contributed by atoms with Crippen molar-refractivity contribution in [3.8, 4) is 11.1 Å². The zero-order chi connectivity index (χ0) is 23.8. The second kappa shape index (κ2) is 9.21. The molecule has 0 spiro atoms. The molecule has 176 valence electrons. The van der Waals surface area contributed by atoms with Crippen molar-refractivity contribution in [3.63, 3.8) is 0 Å². The van der Waals surface area contributed by atoms with Crippen LogP contribution in [0.2, 0.25) is 5.15 Å². The molecule has 8 heteroatoms. The first-order valence-electron chi connectivity index (χ1n) is 11.4. The first kappa shape index (κ1) is 23.4. The van der Waals surface area contributed by atoms with E-state index >= 15 is 0 Å². The van der Waals surface area contributed by atoms with Gasteiger partial charge in [-0.15, -0.1) is 0 Å². The highest BCUT2D eigenvalue weighted by molar-refractivity contribution is 6.29. The molecule has 4 rings (SSSR count). The number of aromatic nitrogens is 1. The highest BCUT2D eigenvalue weighted by atomic mass is 35.5. The van der Waals surface area contributed by atoms with Crippen LogP contribution in [0.25, 0.3) is 11.1 Å². The van der Waals surface area contributed by atoms with Crippen LogP contribution in [0.4, 0.5) is 16.2 Å². The molecule has 0 bridgehead atoms. The van der Waals surface area contributed by atoms with Crippen molar-refractivity contribution < 1.29 is 14.3 Å². The quantitative estimate of drug-likeness (QED) is 0.610. The van der Waals surface area contributed by atoms with Crippen LogP contribution < -0.4 is 15.5 Å². The Hall–Kier alpha value is -2.80. The minimum absolute atomic E-state index is 0.0196. The van der Waals surface area contributed by atoms with Gasteiger partial charge in [-0.3, -0.25) is 4.79 Å². The van der Waals surface area contributed by atoms with E-state index in [2.05, 4.69) is 32.7 Å². The van der Waals surface area contributed by atoms with Crippen LogP contribution >= 0.6 is 11.6 Å². The Morgan fingerprint density at radius 1 is 1.27 bits per heavy atom. The van der Waals surface area contributed by atoms with E-state index in [0.29, 0.717) is 18.1 Å². The molecule has 1 aromatic carbocycles. The number of ether oxygens (including phenoxy) is 1. The molecular weight excluding hydrogens is 440 g/mol. The first-order chi connectivity index (χ1) is 15.6. The Morgan fingerprint density at radius 3 is 2.82 bits per heavy atom. The predicted molar refractivity (Wildman–Crippen MR) is 131 cm³/mol. The highest BCUT2D eigenvalue weighted by Crippen LogP contribution is 2.38. The maximum absolute atomic E-state index is 12.3. The third-order valence-electron chi connectivity index (χ3n) is 5.95. The zero-order valence-electron chi connectivity index (χ0n) is 19.6. The summed E-state index contributed by atoms with van der Waals surface area (Å²) in [6, 6.07) is 6.09. The van der Waals surface area contributed by atoms with Gasteiger partial charge in [0.25, 0.3) is 0 Å². The fourth-order valence-electron chi connectivity index (χ4n) is 4.53. The van der Waals surface area contributed by atoms with Gasteiger partial charge in [0, 0.05) is 48.7 Å². The van der Waals surface area contributed by atoms with Gasteiger partial charge in [0.05, 0.1) is 0 Å². The molecule has 2 amide bonds. The Bertz CT molecular complexity index is 1080. The molecule has 0 aliphatic carbocycles. The molecule has 0 unspecified atom stereocenters. The average Bonchev–Trinajstić information content (AvgIpc) is 2.73. The molecule has 1 aromatic heterocycles. The number of nitrogens with one attached hydrogen (secondary N) is 2. The van der Waals surface area contributed by atoms with Gasteiger partial charge in [-0.05, 0) is 81.8 Å². The normalized spacial score (nSPS) is 18.4. The summed E-state index contributed by atoms with van der Waals surface area (Å²) in [4.78, 5) is 30.7. The highest BCUT2D eigenvalue weighted by Gasteiger charge is 2.27. The number of aryl methyl sites for hydroxylation is 2. The maximum Gasteiger partial charge on any atom is 0.407 e. The Morgan fingerprint density at radius 2 is 2.06 bits per heavy atom. The van der Waals surface area contributed by atoms with E-state index in [4.69, 9.17) is 16.3 Å². The van der Waals surface area contributed by atoms with Crippen LogP contribution in [0.3, 0.4) is 0 Å². The van der Waals surface area contributed by atoms with Gasteiger partial charge in [-0.1, -0.05) is 11.6 Å². The summed E-state index contributed by atoms with van der Waals surface area (Å²) in [6.07, 6.45) is 4.46. The molecule has 33 heavy (non-hydrogen) atoms. The molecule has 2 aliphatic rings. The number of alkyl carbamates (subject to hydrolysis) is 1. The molecule has 1 fully saturated rings. The summed E-state index contributed by atoms with van der Waals surface area (Å²) in [6.45, 7) is 9.11. The molecule has 7 nitrogen and oxygen atoms in total. The van der Waals surface area contributed by atoms with Crippen LogP contribution in [0.15, 0.2) is 24.4 Å². The lowest BCUT2D eigenvalue weighted by atomic mass is 9.93. The number of rotatable bonds is 3. The van der Waals surface area contributed by atoms with E-state index in [1.807, 2.05) is 40.0 Å². The first-order valence-corrected chi connectivity index (χ1v) is 11.8. The largest absolute Gasteiger partial charge is 0.444 e. The van der Waals surface area contributed by atoms with Crippen molar-refractivity contribution in [2.24, 2.45) is 0 Å². The van der Waals surface area contributed by atoms with Crippen molar-refractivity contribution in [1.29, 1.82) is 0 Å². The molecule has 2 aromatic rings. The number of amides is 2. The van der Waals surface area contributed by atoms with E-state index in [9.17, 15) is 9.59 Å². The molecule has 2 N–H and O–H groups in total. The summed E-state index contributed by atoms with van der Waals surface area (Å²) in [5.41, 5.74) is 5.56. The molecule has 1 atom stereocenters. The zero-order valence-corrected chi connectivity index (χ0v) is 20.4. The van der Waals surface area contributed by atoms with Crippen molar-refractivity contribution in [3.05, 3.63) is 40.7 Å². The lowest BCUT2D eigenvalue weighted by Crippen LogP contribution is -2.49. The van der Waals surface area contributed by atoms with E-state index < -0.39 is 11.7 Å². The second-order valence-electron chi connectivity index (χ2n) is 9.83. The van der Waals surface area contributed by atoms with Gasteiger partial charge in [-0.2, -0.15) is 0 Å². The fraction of sp³-hybridized carbons (Fsp3) is 0.480.